The number of aryl methyl sites for hydroxylation is 2. The predicted molar refractivity (Wildman–Crippen MR) is 172 cm³/mol. The van der Waals surface area contributed by atoms with E-state index in [4.69, 9.17) is 14.2 Å². The highest BCUT2D eigenvalue weighted by Gasteiger charge is 2.23. The van der Waals surface area contributed by atoms with Gasteiger partial charge in [-0.2, -0.15) is 0 Å². The number of hydrogen-bond donors (Lipinski definition) is 1. The lowest BCUT2D eigenvalue weighted by atomic mass is 10.1. The average molecular weight is 583 g/mol. The summed E-state index contributed by atoms with van der Waals surface area (Å²) in [6.07, 6.45) is 4.29. The number of hydrogen-bond acceptors (Lipinski definition) is 5. The Kier molecular flexibility index (Phi) is 11.3. The first-order chi connectivity index (χ1) is 20.8. The Morgan fingerprint density at radius 1 is 0.814 bits per heavy atom. The van der Waals surface area contributed by atoms with Crippen LogP contribution in [-0.2, 0) is 35.7 Å². The molecule has 43 heavy (non-hydrogen) atoms. The molecule has 1 N–H and O–H groups in total. The zero-order chi connectivity index (χ0) is 30.8. The van der Waals surface area contributed by atoms with E-state index in [0.717, 1.165) is 46.8 Å². The molecule has 2 heterocycles. The topological polar surface area (TPSA) is 82.8 Å². The monoisotopic (exact) mass is 582 g/mol. The number of nitrogens with zero attached hydrogens (tertiary/aromatic N) is 2. The Morgan fingerprint density at radius 2 is 1.47 bits per heavy atom. The van der Waals surface area contributed by atoms with Crippen LogP contribution in [0.4, 0.5) is 0 Å². The highest BCUT2D eigenvalue weighted by Crippen LogP contribution is 2.39. The van der Waals surface area contributed by atoms with E-state index in [-0.39, 0.29) is 12.3 Å². The fraction of sp³-hybridized carbons (Fsp3) is 0.333. The fourth-order valence-electron chi connectivity index (χ4n) is 5.35. The smallest absolute Gasteiger partial charge is 0.354 e. The number of rotatable bonds is 12. The number of pyridine rings is 1. The fourth-order valence-corrected chi connectivity index (χ4v) is 5.35. The molecule has 0 radical (unpaired) electrons. The Bertz CT molecular complexity index is 1610. The molecule has 0 aliphatic heterocycles. The van der Waals surface area contributed by atoms with E-state index >= 15 is 0 Å². The molecule has 7 nitrogen and oxygen atoms in total. The number of carbonyl (C=O) groups is 1. The van der Waals surface area contributed by atoms with Crippen molar-refractivity contribution in [1.29, 1.82) is 0 Å². The Balaban J connectivity index is 0.000000541. The second-order valence-electron chi connectivity index (χ2n) is 11.0. The van der Waals surface area contributed by atoms with Crippen molar-refractivity contribution in [1.82, 2.24) is 9.55 Å². The maximum atomic E-state index is 12.1. The largest absolute Gasteiger partial charge is 0.488 e. The first kappa shape index (κ1) is 31.7. The lowest BCUT2D eigenvalue weighted by molar-refractivity contribution is 0.0300. The molecule has 0 unspecified atom stereocenters. The van der Waals surface area contributed by atoms with Crippen LogP contribution in [-0.4, -0.2) is 39.9 Å². The van der Waals surface area contributed by atoms with Crippen LogP contribution in [0.3, 0.4) is 0 Å². The van der Waals surface area contributed by atoms with Gasteiger partial charge in [-0.15, -0.1) is 0 Å². The summed E-state index contributed by atoms with van der Waals surface area (Å²) in [5, 5.41) is 11.6. The standard InChI is InChI=1S/C30H28N2O4.C6H14O/c1-35-20-23-27-25(18-31-29(23)30(33)34)32(17-9-14-21-10-4-2-5-11-21)24-15-8-16-26(28(24)27)36-19-22-12-6-3-7-13-22;1-5(2)7-6(3)4/h2-8,10-13,15-16,18H,9,14,17,19-20H2,1H3,(H,33,34);5-6H,1-4H3. The first-order valence-electron chi connectivity index (χ1n) is 14.8. The molecule has 3 aromatic carbocycles. The lowest BCUT2D eigenvalue weighted by Gasteiger charge is -2.10. The summed E-state index contributed by atoms with van der Waals surface area (Å²) in [5.41, 5.74) is 4.79. The molecular weight excluding hydrogens is 540 g/mol. The van der Waals surface area contributed by atoms with E-state index in [1.165, 1.54) is 5.56 Å². The van der Waals surface area contributed by atoms with Gasteiger partial charge in [0.05, 0.1) is 41.4 Å². The maximum Gasteiger partial charge on any atom is 0.354 e. The molecule has 5 rings (SSSR count). The van der Waals surface area contributed by atoms with Crippen LogP contribution in [0.1, 0.15) is 61.3 Å². The van der Waals surface area contributed by atoms with Crippen LogP contribution in [0.25, 0.3) is 21.8 Å². The molecule has 7 heteroatoms. The zero-order valence-corrected chi connectivity index (χ0v) is 25.7. The highest BCUT2D eigenvalue weighted by molar-refractivity contribution is 6.14. The van der Waals surface area contributed by atoms with Crippen molar-refractivity contribution in [3.8, 4) is 5.75 Å². The zero-order valence-electron chi connectivity index (χ0n) is 25.7. The van der Waals surface area contributed by atoms with Gasteiger partial charge in [-0.25, -0.2) is 9.78 Å². The number of carboxylic acids is 1. The summed E-state index contributed by atoms with van der Waals surface area (Å²) in [6, 6.07) is 26.4. The van der Waals surface area contributed by atoms with Gasteiger partial charge in [0.15, 0.2) is 5.69 Å². The van der Waals surface area contributed by atoms with Crippen molar-refractivity contribution in [3.05, 3.63) is 107 Å². The van der Waals surface area contributed by atoms with Gasteiger partial charge in [-0.3, -0.25) is 0 Å². The van der Waals surface area contributed by atoms with Gasteiger partial charge in [0.1, 0.15) is 12.4 Å². The van der Waals surface area contributed by atoms with E-state index in [1.807, 2.05) is 76.2 Å². The van der Waals surface area contributed by atoms with Crippen LogP contribution in [0, 0.1) is 0 Å². The van der Waals surface area contributed by atoms with Crippen LogP contribution >= 0.6 is 0 Å². The third kappa shape index (κ3) is 8.21. The summed E-state index contributed by atoms with van der Waals surface area (Å²) < 4.78 is 19.2. The summed E-state index contributed by atoms with van der Waals surface area (Å²) in [6.45, 7) is 9.48. The summed E-state index contributed by atoms with van der Waals surface area (Å²) in [5.74, 6) is -0.361. The Hall–Kier alpha value is -4.20. The van der Waals surface area contributed by atoms with E-state index in [0.29, 0.717) is 30.1 Å². The first-order valence-corrected chi connectivity index (χ1v) is 14.8. The number of aromatic nitrogens is 2. The number of aromatic carboxylic acids is 1. The van der Waals surface area contributed by atoms with Crippen LogP contribution in [0.2, 0.25) is 0 Å². The normalized spacial score (nSPS) is 11.2. The minimum atomic E-state index is -1.07. The van der Waals surface area contributed by atoms with Crippen LogP contribution < -0.4 is 4.74 Å². The highest BCUT2D eigenvalue weighted by atomic mass is 16.5. The predicted octanol–water partition coefficient (Wildman–Crippen LogP) is 8.07. The molecule has 226 valence electrons. The molecule has 0 amide bonds. The quantitative estimate of drug-likeness (QED) is 0.160. The lowest BCUT2D eigenvalue weighted by Crippen LogP contribution is -2.09. The van der Waals surface area contributed by atoms with Gasteiger partial charge in [0, 0.05) is 24.6 Å². The van der Waals surface area contributed by atoms with Gasteiger partial charge in [-0.05, 0) is 63.8 Å². The summed E-state index contributed by atoms with van der Waals surface area (Å²) in [4.78, 5) is 16.4. The second-order valence-corrected chi connectivity index (χ2v) is 11.0. The third-order valence-corrected chi connectivity index (χ3v) is 6.96. The number of fused-ring (bicyclic) bond motifs is 3. The van der Waals surface area contributed by atoms with Crippen LogP contribution in [0.5, 0.6) is 5.75 Å². The van der Waals surface area contributed by atoms with Gasteiger partial charge in [0.25, 0.3) is 0 Å². The molecule has 0 aliphatic rings. The van der Waals surface area contributed by atoms with Gasteiger partial charge in [0.2, 0.25) is 0 Å². The second kappa shape index (κ2) is 15.3. The summed E-state index contributed by atoms with van der Waals surface area (Å²) in [7, 11) is 1.57. The molecule has 0 saturated heterocycles. The number of ether oxygens (including phenoxy) is 3. The van der Waals surface area contributed by atoms with E-state index < -0.39 is 5.97 Å². The van der Waals surface area contributed by atoms with Gasteiger partial charge >= 0.3 is 5.97 Å². The maximum absolute atomic E-state index is 12.1. The minimum Gasteiger partial charge on any atom is -0.488 e. The SMILES string of the molecule is CC(C)OC(C)C.COCc1c(C(=O)O)ncc2c1c1c(OCc3ccccc3)cccc1n2CCCc1ccccc1. The van der Waals surface area contributed by atoms with Crippen molar-refractivity contribution >= 4 is 27.8 Å². The molecule has 5 aromatic rings. The molecule has 2 aromatic heterocycles. The Labute approximate surface area is 254 Å². The van der Waals surface area contributed by atoms with E-state index in [2.05, 4.69) is 39.9 Å². The third-order valence-electron chi connectivity index (χ3n) is 6.96. The van der Waals surface area contributed by atoms with Crippen molar-refractivity contribution in [3.63, 3.8) is 0 Å². The molecule has 0 aliphatic carbocycles. The number of benzene rings is 3. The molecule has 0 saturated carbocycles. The molecule has 0 fully saturated rings. The van der Waals surface area contributed by atoms with Crippen molar-refractivity contribution in [2.45, 2.75) is 72.5 Å². The molecular formula is C36H42N2O5. The number of methoxy groups -OCH3 is 1. The van der Waals surface area contributed by atoms with Crippen molar-refractivity contribution in [2.24, 2.45) is 0 Å². The molecule has 0 spiro atoms. The summed E-state index contributed by atoms with van der Waals surface area (Å²) >= 11 is 0. The van der Waals surface area contributed by atoms with Gasteiger partial charge in [-0.1, -0.05) is 66.7 Å². The molecule has 0 bridgehead atoms. The average Bonchev–Trinajstić information content (AvgIpc) is 3.31. The van der Waals surface area contributed by atoms with Crippen molar-refractivity contribution < 1.29 is 24.1 Å². The minimum absolute atomic E-state index is 0.00514. The van der Waals surface area contributed by atoms with Crippen LogP contribution in [0.15, 0.2) is 85.1 Å². The van der Waals surface area contributed by atoms with E-state index in [9.17, 15) is 9.90 Å². The molecule has 0 atom stereocenters. The van der Waals surface area contributed by atoms with E-state index in [1.54, 1.807) is 13.3 Å². The van der Waals surface area contributed by atoms with Gasteiger partial charge < -0.3 is 23.9 Å². The Morgan fingerprint density at radius 3 is 2.05 bits per heavy atom. The number of carboxylic acid groups (broad SMARTS) is 1. The van der Waals surface area contributed by atoms with Crippen molar-refractivity contribution in [2.75, 3.05) is 7.11 Å².